The molecule has 0 spiro atoms. The van der Waals surface area contributed by atoms with Gasteiger partial charge in [0.2, 0.25) is 11.8 Å². The molecule has 0 amide bonds. The number of hydrogen-bond donors (Lipinski definition) is 2. The summed E-state index contributed by atoms with van der Waals surface area (Å²) in [6.45, 7) is 5.98. The minimum Gasteiger partial charge on any atom is -0.480 e. The molecule has 0 aliphatic heterocycles. The second-order valence-electron chi connectivity index (χ2n) is 6.08. The standard InChI is InChI=1S/C15H23N3O3/c1-10(2)21-12-6-9-16-14(17-12)18-15(13(19)20)7-4-11(3)5-8-15/h6,9-11H,4-5,7-8H2,1-3H3,(H,19,20)(H,16,17,18). The molecule has 1 aliphatic rings. The Hall–Kier alpha value is -1.85. The summed E-state index contributed by atoms with van der Waals surface area (Å²) >= 11 is 0. The Bertz CT molecular complexity index is 497. The van der Waals surface area contributed by atoms with Gasteiger partial charge in [-0.1, -0.05) is 6.92 Å². The van der Waals surface area contributed by atoms with E-state index in [2.05, 4.69) is 22.2 Å². The molecule has 0 unspecified atom stereocenters. The van der Waals surface area contributed by atoms with Crippen LogP contribution in [-0.2, 0) is 4.79 Å². The lowest BCUT2D eigenvalue weighted by molar-refractivity contribution is -0.143. The second-order valence-corrected chi connectivity index (χ2v) is 6.08. The van der Waals surface area contributed by atoms with Crippen LogP contribution in [0.5, 0.6) is 5.88 Å². The van der Waals surface area contributed by atoms with Crippen molar-refractivity contribution in [1.29, 1.82) is 0 Å². The van der Waals surface area contributed by atoms with Gasteiger partial charge in [-0.25, -0.2) is 9.78 Å². The van der Waals surface area contributed by atoms with Crippen LogP contribution in [0.1, 0.15) is 46.5 Å². The molecule has 0 saturated heterocycles. The maximum atomic E-state index is 11.7. The number of aliphatic carboxylic acids is 1. The van der Waals surface area contributed by atoms with Crippen LogP contribution in [0.2, 0.25) is 0 Å². The fraction of sp³-hybridized carbons (Fsp3) is 0.667. The highest BCUT2D eigenvalue weighted by atomic mass is 16.5. The molecule has 2 N–H and O–H groups in total. The van der Waals surface area contributed by atoms with Crippen molar-refractivity contribution in [2.45, 2.75) is 58.1 Å². The molecule has 1 aliphatic carbocycles. The van der Waals surface area contributed by atoms with Gasteiger partial charge in [0.25, 0.3) is 0 Å². The zero-order valence-electron chi connectivity index (χ0n) is 12.8. The van der Waals surface area contributed by atoms with Crippen molar-refractivity contribution in [3.05, 3.63) is 12.3 Å². The summed E-state index contributed by atoms with van der Waals surface area (Å²) in [6.07, 6.45) is 4.54. The monoisotopic (exact) mass is 293 g/mol. The van der Waals surface area contributed by atoms with E-state index in [1.165, 1.54) is 0 Å². The number of aromatic nitrogens is 2. The summed E-state index contributed by atoms with van der Waals surface area (Å²) in [5.41, 5.74) is -0.969. The van der Waals surface area contributed by atoms with Gasteiger partial charge in [0.15, 0.2) is 0 Å². The van der Waals surface area contributed by atoms with E-state index in [1.807, 2.05) is 13.8 Å². The van der Waals surface area contributed by atoms with Gasteiger partial charge in [0.1, 0.15) is 5.54 Å². The number of ether oxygens (including phenoxy) is 1. The molecule has 21 heavy (non-hydrogen) atoms. The average molecular weight is 293 g/mol. The van der Waals surface area contributed by atoms with E-state index in [1.54, 1.807) is 12.3 Å². The van der Waals surface area contributed by atoms with Crippen LogP contribution in [0.15, 0.2) is 12.3 Å². The summed E-state index contributed by atoms with van der Waals surface area (Å²) in [5.74, 6) is 0.487. The topological polar surface area (TPSA) is 84.3 Å². The van der Waals surface area contributed by atoms with Crippen molar-refractivity contribution < 1.29 is 14.6 Å². The van der Waals surface area contributed by atoms with Gasteiger partial charge in [0, 0.05) is 12.3 Å². The number of carboxylic acid groups (broad SMARTS) is 1. The van der Waals surface area contributed by atoms with Gasteiger partial charge in [-0.2, -0.15) is 4.98 Å². The summed E-state index contributed by atoms with van der Waals surface area (Å²) < 4.78 is 5.52. The van der Waals surface area contributed by atoms with E-state index in [4.69, 9.17) is 4.74 Å². The molecular formula is C15H23N3O3. The van der Waals surface area contributed by atoms with E-state index < -0.39 is 11.5 Å². The number of nitrogens with zero attached hydrogens (tertiary/aromatic N) is 2. The molecule has 2 rings (SSSR count). The summed E-state index contributed by atoms with van der Waals surface area (Å²) in [7, 11) is 0. The Labute approximate surface area is 124 Å². The van der Waals surface area contributed by atoms with Crippen LogP contribution in [0.25, 0.3) is 0 Å². The fourth-order valence-corrected chi connectivity index (χ4v) is 2.57. The minimum absolute atomic E-state index is 0.0108. The molecule has 1 fully saturated rings. The first kappa shape index (κ1) is 15.5. The maximum Gasteiger partial charge on any atom is 0.329 e. The predicted octanol–water partition coefficient (Wildman–Crippen LogP) is 2.71. The Morgan fingerprint density at radius 1 is 1.48 bits per heavy atom. The average Bonchev–Trinajstić information content (AvgIpc) is 2.41. The fourth-order valence-electron chi connectivity index (χ4n) is 2.57. The lowest BCUT2D eigenvalue weighted by atomic mass is 9.77. The van der Waals surface area contributed by atoms with Gasteiger partial charge in [-0.05, 0) is 45.4 Å². The van der Waals surface area contributed by atoms with Crippen molar-refractivity contribution >= 4 is 11.9 Å². The first-order valence-electron chi connectivity index (χ1n) is 7.42. The molecule has 0 radical (unpaired) electrons. The van der Waals surface area contributed by atoms with E-state index in [9.17, 15) is 9.90 Å². The highest BCUT2D eigenvalue weighted by Crippen LogP contribution is 2.34. The zero-order valence-corrected chi connectivity index (χ0v) is 12.8. The third-order valence-corrected chi connectivity index (χ3v) is 3.87. The molecule has 6 heteroatoms. The van der Waals surface area contributed by atoms with Crippen LogP contribution in [0.3, 0.4) is 0 Å². The van der Waals surface area contributed by atoms with Gasteiger partial charge in [0.05, 0.1) is 6.10 Å². The molecular weight excluding hydrogens is 270 g/mol. The second kappa shape index (κ2) is 6.28. The summed E-state index contributed by atoms with van der Waals surface area (Å²) in [6, 6.07) is 1.67. The number of hydrogen-bond acceptors (Lipinski definition) is 5. The van der Waals surface area contributed by atoms with Crippen molar-refractivity contribution in [1.82, 2.24) is 9.97 Å². The van der Waals surface area contributed by atoms with Crippen LogP contribution in [0.4, 0.5) is 5.95 Å². The number of anilines is 1. The normalized spacial score (nSPS) is 25.6. The Kier molecular flexibility index (Phi) is 4.65. The van der Waals surface area contributed by atoms with Crippen molar-refractivity contribution in [2.24, 2.45) is 5.92 Å². The Morgan fingerprint density at radius 3 is 2.71 bits per heavy atom. The lowest BCUT2D eigenvalue weighted by Gasteiger charge is -2.36. The molecule has 6 nitrogen and oxygen atoms in total. The molecule has 1 saturated carbocycles. The van der Waals surface area contributed by atoms with Crippen LogP contribution in [-0.4, -0.2) is 32.7 Å². The predicted molar refractivity (Wildman–Crippen MR) is 79.4 cm³/mol. The molecule has 0 bridgehead atoms. The Morgan fingerprint density at radius 2 is 2.14 bits per heavy atom. The van der Waals surface area contributed by atoms with E-state index >= 15 is 0 Å². The van der Waals surface area contributed by atoms with Gasteiger partial charge >= 0.3 is 5.97 Å². The number of carboxylic acids is 1. The van der Waals surface area contributed by atoms with Crippen LogP contribution in [0, 0.1) is 5.92 Å². The number of nitrogens with one attached hydrogen (secondary N) is 1. The smallest absolute Gasteiger partial charge is 0.329 e. The van der Waals surface area contributed by atoms with Crippen LogP contribution < -0.4 is 10.1 Å². The molecule has 1 aromatic heterocycles. The first-order valence-corrected chi connectivity index (χ1v) is 7.42. The van der Waals surface area contributed by atoms with Gasteiger partial charge in [-0.15, -0.1) is 0 Å². The maximum absolute atomic E-state index is 11.7. The van der Waals surface area contributed by atoms with Crippen molar-refractivity contribution in [3.8, 4) is 5.88 Å². The minimum atomic E-state index is -0.969. The Balaban J connectivity index is 2.16. The molecule has 0 aromatic carbocycles. The summed E-state index contributed by atoms with van der Waals surface area (Å²) in [5, 5.41) is 12.6. The molecule has 0 atom stereocenters. The van der Waals surface area contributed by atoms with Crippen molar-refractivity contribution in [2.75, 3.05) is 5.32 Å². The van der Waals surface area contributed by atoms with E-state index in [0.717, 1.165) is 12.8 Å². The number of carbonyl (C=O) groups is 1. The quantitative estimate of drug-likeness (QED) is 0.868. The summed E-state index contributed by atoms with van der Waals surface area (Å²) in [4.78, 5) is 20.1. The molecule has 1 heterocycles. The van der Waals surface area contributed by atoms with Crippen molar-refractivity contribution in [3.63, 3.8) is 0 Å². The van der Waals surface area contributed by atoms with Gasteiger partial charge in [-0.3, -0.25) is 0 Å². The lowest BCUT2D eigenvalue weighted by Crippen LogP contribution is -2.49. The molecule has 1 aromatic rings. The van der Waals surface area contributed by atoms with E-state index in [-0.39, 0.29) is 6.10 Å². The molecule has 116 valence electrons. The van der Waals surface area contributed by atoms with E-state index in [0.29, 0.717) is 30.6 Å². The zero-order chi connectivity index (χ0) is 15.5. The third-order valence-electron chi connectivity index (χ3n) is 3.87. The number of rotatable bonds is 5. The highest BCUT2D eigenvalue weighted by molar-refractivity contribution is 5.82. The van der Waals surface area contributed by atoms with Crippen LogP contribution >= 0.6 is 0 Å². The SMILES string of the molecule is CC1CCC(Nc2nccc(OC(C)C)n2)(C(=O)O)CC1. The first-order chi connectivity index (χ1) is 9.91. The largest absolute Gasteiger partial charge is 0.480 e. The third kappa shape index (κ3) is 3.83. The highest BCUT2D eigenvalue weighted by Gasteiger charge is 2.41. The van der Waals surface area contributed by atoms with Gasteiger partial charge < -0.3 is 15.2 Å².